The number of aliphatic hydroxyl groups is 1. The molecule has 2 N–H and O–H groups in total. The minimum atomic E-state index is 0. The van der Waals surface area contributed by atoms with E-state index < -0.39 is 0 Å². The first-order chi connectivity index (χ1) is 2.91. The van der Waals surface area contributed by atoms with Gasteiger partial charge in [-0.3, -0.25) is 0 Å². The third kappa shape index (κ3) is 26.9. The second-order valence-corrected chi connectivity index (χ2v) is 1.08. The summed E-state index contributed by atoms with van der Waals surface area (Å²) in [4.78, 5) is 0. The Balaban J connectivity index is -0.0000000417. The Hall–Kier alpha value is 1.27. The van der Waals surface area contributed by atoms with Gasteiger partial charge in [-0.1, -0.05) is 6.92 Å². The van der Waals surface area contributed by atoms with Gasteiger partial charge in [0.15, 0.2) is 0 Å². The maximum Gasteiger partial charge on any atom is 2.00 e. The molecular weight excluding hydrogens is 173 g/mol. The molecule has 0 aliphatic rings. The molecule has 9 heavy (non-hydrogen) atoms. The number of nitrogens with one attached hydrogen (secondary N) is 1. The van der Waals surface area contributed by atoms with Gasteiger partial charge < -0.3 is 35.2 Å². The molecule has 0 unspecified atom stereocenters. The molecule has 0 fully saturated rings. The fourth-order valence-electron chi connectivity index (χ4n) is 0.256. The molecule has 0 aromatic heterocycles. The van der Waals surface area contributed by atoms with Crippen molar-refractivity contribution in [1.29, 1.82) is 0 Å². The fraction of sp³-hybridized carbons (Fsp3) is 1.00. The summed E-state index contributed by atoms with van der Waals surface area (Å²) in [5.41, 5.74) is 0. The van der Waals surface area contributed by atoms with Crippen molar-refractivity contribution in [2.45, 2.75) is 6.92 Å². The average Bonchev–Trinajstić information content (AvgIpc) is 1.61. The van der Waals surface area contributed by atoms with Gasteiger partial charge in [-0.2, -0.15) is 0 Å². The molecule has 5 heteroatoms. The summed E-state index contributed by atoms with van der Waals surface area (Å²) in [6.07, 6.45) is 0. The van der Waals surface area contributed by atoms with E-state index in [0.29, 0.717) is 0 Å². The predicted octanol–water partition coefficient (Wildman–Crippen LogP) is -6.78. The van der Waals surface area contributed by atoms with Gasteiger partial charge in [0.05, 0.1) is 6.61 Å². The Kier molecular flexibility index (Phi) is 56.9. The van der Waals surface area contributed by atoms with E-state index in [1.807, 2.05) is 6.92 Å². The quantitative estimate of drug-likeness (QED) is 0.338. The topological polar surface area (TPSA) is 32.3 Å². The smallest absolute Gasteiger partial charge is 1.00 e. The van der Waals surface area contributed by atoms with Gasteiger partial charge in [0.1, 0.15) is 0 Å². The Morgan fingerprint density at radius 3 is 1.89 bits per heavy atom. The molecule has 0 aliphatic carbocycles. The minimum absolute atomic E-state index is 0. The van der Waals surface area contributed by atoms with Gasteiger partial charge in [0, 0.05) is 6.54 Å². The number of hydrogen-bond donors (Lipinski definition) is 2. The number of hydrogen-bond acceptors (Lipinski definition) is 2. The first-order valence-electron chi connectivity index (χ1n) is 2.23. The molecule has 0 radical (unpaired) electrons. The Morgan fingerprint density at radius 2 is 1.78 bits per heavy atom. The van der Waals surface area contributed by atoms with Crippen molar-refractivity contribution in [2.24, 2.45) is 0 Å². The van der Waals surface area contributed by atoms with E-state index in [9.17, 15) is 0 Å². The normalized spacial score (nSPS) is 6.00. The molecular formula is C4H11Cl2MgNO. The third-order valence-corrected chi connectivity index (χ3v) is 0.539. The summed E-state index contributed by atoms with van der Waals surface area (Å²) < 4.78 is 0. The molecule has 0 saturated heterocycles. The largest absolute Gasteiger partial charge is 2.00 e. The number of likely N-dealkylation sites (N-methyl/N-ethyl adjacent to an activating group) is 1. The second-order valence-electron chi connectivity index (χ2n) is 1.08. The SMILES string of the molecule is CCNCCO.[Cl-].[Cl-].[Mg+2]. The van der Waals surface area contributed by atoms with E-state index in [1.54, 1.807) is 0 Å². The molecule has 0 aromatic rings. The van der Waals surface area contributed by atoms with Crippen LogP contribution in [0.2, 0.25) is 0 Å². The fourth-order valence-corrected chi connectivity index (χ4v) is 0.256. The standard InChI is InChI=1S/C4H11NO.2ClH.Mg/c1-2-5-3-4-6;;;/h5-6H,2-4H2,1H3;2*1H;/q;;;+2/p-2. The number of halogens is 2. The third-order valence-electron chi connectivity index (χ3n) is 0.539. The molecule has 0 atom stereocenters. The van der Waals surface area contributed by atoms with Crippen LogP contribution in [0.3, 0.4) is 0 Å². The molecule has 54 valence electrons. The first kappa shape index (κ1) is 22.4. The predicted molar refractivity (Wildman–Crippen MR) is 31.4 cm³/mol. The molecule has 0 saturated carbocycles. The molecule has 0 aliphatic heterocycles. The van der Waals surface area contributed by atoms with Crippen LogP contribution in [-0.2, 0) is 0 Å². The van der Waals surface area contributed by atoms with Gasteiger partial charge in [-0.15, -0.1) is 0 Å². The summed E-state index contributed by atoms with van der Waals surface area (Å²) in [7, 11) is 0. The van der Waals surface area contributed by atoms with E-state index >= 15 is 0 Å². The molecule has 0 spiro atoms. The van der Waals surface area contributed by atoms with Gasteiger partial charge >= 0.3 is 23.1 Å². The zero-order valence-electron chi connectivity index (χ0n) is 5.53. The Labute approximate surface area is 84.8 Å². The average molecular weight is 184 g/mol. The van der Waals surface area contributed by atoms with Crippen LogP contribution in [0.4, 0.5) is 0 Å². The maximum absolute atomic E-state index is 8.13. The van der Waals surface area contributed by atoms with Crippen LogP contribution in [0.15, 0.2) is 0 Å². The molecule has 0 heterocycles. The summed E-state index contributed by atoms with van der Waals surface area (Å²) in [6.45, 7) is 3.92. The monoisotopic (exact) mass is 183 g/mol. The molecule has 0 rings (SSSR count). The summed E-state index contributed by atoms with van der Waals surface area (Å²) in [5, 5.41) is 11.1. The van der Waals surface area contributed by atoms with E-state index in [0.717, 1.165) is 13.1 Å². The van der Waals surface area contributed by atoms with Gasteiger partial charge in [-0.25, -0.2) is 0 Å². The van der Waals surface area contributed by atoms with Crippen molar-refractivity contribution >= 4 is 23.1 Å². The number of aliphatic hydroxyl groups excluding tert-OH is 1. The number of rotatable bonds is 3. The van der Waals surface area contributed by atoms with Crippen molar-refractivity contribution in [1.82, 2.24) is 5.32 Å². The van der Waals surface area contributed by atoms with Gasteiger partial charge in [0.2, 0.25) is 0 Å². The van der Waals surface area contributed by atoms with E-state index in [4.69, 9.17) is 5.11 Å². The summed E-state index contributed by atoms with van der Waals surface area (Å²) in [6, 6.07) is 0. The molecule has 2 nitrogen and oxygen atoms in total. The zero-order chi connectivity index (χ0) is 4.83. The molecule has 0 aromatic carbocycles. The van der Waals surface area contributed by atoms with Crippen LogP contribution in [0.5, 0.6) is 0 Å². The first-order valence-corrected chi connectivity index (χ1v) is 2.23. The van der Waals surface area contributed by atoms with Crippen LogP contribution in [0, 0.1) is 0 Å². The van der Waals surface area contributed by atoms with Crippen molar-refractivity contribution in [3.63, 3.8) is 0 Å². The summed E-state index contributed by atoms with van der Waals surface area (Å²) in [5.74, 6) is 0. The van der Waals surface area contributed by atoms with E-state index in [2.05, 4.69) is 5.32 Å². The van der Waals surface area contributed by atoms with Crippen LogP contribution < -0.4 is 30.1 Å². The van der Waals surface area contributed by atoms with Crippen molar-refractivity contribution in [3.05, 3.63) is 0 Å². The molecule has 0 bridgehead atoms. The van der Waals surface area contributed by atoms with Crippen LogP contribution in [0.1, 0.15) is 6.92 Å². The summed E-state index contributed by atoms with van der Waals surface area (Å²) >= 11 is 0. The second kappa shape index (κ2) is 22.8. The van der Waals surface area contributed by atoms with E-state index in [1.165, 1.54) is 0 Å². The van der Waals surface area contributed by atoms with E-state index in [-0.39, 0.29) is 54.5 Å². The van der Waals surface area contributed by atoms with Crippen LogP contribution in [-0.4, -0.2) is 47.9 Å². The van der Waals surface area contributed by atoms with Gasteiger partial charge in [0.25, 0.3) is 0 Å². The molecule has 0 amide bonds. The van der Waals surface area contributed by atoms with Crippen molar-refractivity contribution in [3.8, 4) is 0 Å². The zero-order valence-corrected chi connectivity index (χ0v) is 8.46. The Bertz CT molecular complexity index is 30.5. The van der Waals surface area contributed by atoms with Gasteiger partial charge in [-0.05, 0) is 6.54 Å². The van der Waals surface area contributed by atoms with Crippen molar-refractivity contribution < 1.29 is 29.9 Å². The maximum atomic E-state index is 8.13. The van der Waals surface area contributed by atoms with Crippen molar-refractivity contribution in [2.75, 3.05) is 19.7 Å². The van der Waals surface area contributed by atoms with Crippen LogP contribution in [0.25, 0.3) is 0 Å². The Morgan fingerprint density at radius 1 is 1.33 bits per heavy atom. The van der Waals surface area contributed by atoms with Crippen LogP contribution >= 0.6 is 0 Å². The minimum Gasteiger partial charge on any atom is -1.00 e.